The number of nitrogens with zero attached hydrogens (tertiary/aromatic N) is 3. The molecule has 0 saturated heterocycles. The zero-order chi connectivity index (χ0) is 13.7. The first-order chi connectivity index (χ1) is 9.30. The van der Waals surface area contributed by atoms with Gasteiger partial charge in [-0.15, -0.1) is 11.6 Å². The summed E-state index contributed by atoms with van der Waals surface area (Å²) in [7, 11) is 3.31. The predicted molar refractivity (Wildman–Crippen MR) is 75.0 cm³/mol. The second kappa shape index (κ2) is 6.73. The molecule has 2 heterocycles. The van der Waals surface area contributed by atoms with Crippen LogP contribution in [-0.2, 0) is 17.7 Å². The summed E-state index contributed by atoms with van der Waals surface area (Å²) < 4.78 is 12.4. The fraction of sp³-hybridized carbons (Fsp3) is 0.538. The Kier molecular flexibility index (Phi) is 4.99. The first-order valence-corrected chi connectivity index (χ1v) is 6.78. The summed E-state index contributed by atoms with van der Waals surface area (Å²) in [6.07, 6.45) is 1.64. The van der Waals surface area contributed by atoms with E-state index in [1.807, 2.05) is 12.1 Å². The molecule has 0 aliphatic carbocycles. The Bertz CT molecular complexity index is 542. The minimum absolute atomic E-state index is 0.546. The number of rotatable bonds is 7. The number of methoxy groups -OCH3 is 2. The summed E-state index contributed by atoms with van der Waals surface area (Å²) in [5.74, 6) is 2.10. The molecule has 0 atom stereocenters. The van der Waals surface area contributed by atoms with E-state index < -0.39 is 0 Å². The van der Waals surface area contributed by atoms with Crippen LogP contribution in [0.2, 0.25) is 0 Å². The fourth-order valence-corrected chi connectivity index (χ4v) is 2.19. The monoisotopic (exact) mass is 283 g/mol. The number of aromatic nitrogens is 3. The summed E-state index contributed by atoms with van der Waals surface area (Å²) >= 11 is 5.83. The van der Waals surface area contributed by atoms with E-state index in [1.54, 1.807) is 14.2 Å². The molecule has 2 aromatic heterocycles. The molecule has 0 aliphatic heterocycles. The van der Waals surface area contributed by atoms with Crippen LogP contribution >= 0.6 is 11.6 Å². The minimum Gasteiger partial charge on any atom is -0.481 e. The summed E-state index contributed by atoms with van der Waals surface area (Å²) in [5.41, 5.74) is 1.72. The average molecular weight is 284 g/mol. The predicted octanol–water partition coefficient (Wildman–Crippen LogP) is 2.26. The number of hydrogen-bond donors (Lipinski definition) is 0. The van der Waals surface area contributed by atoms with Gasteiger partial charge in [0.05, 0.1) is 7.11 Å². The van der Waals surface area contributed by atoms with Gasteiger partial charge in [-0.2, -0.15) is 4.98 Å². The van der Waals surface area contributed by atoms with Gasteiger partial charge in [-0.1, -0.05) is 0 Å². The SMILES string of the molecule is COCCCn1c(CCCl)nc2ccc(OC)nc21. The Morgan fingerprint density at radius 2 is 2.11 bits per heavy atom. The molecule has 0 fully saturated rings. The Morgan fingerprint density at radius 1 is 1.26 bits per heavy atom. The molecule has 0 bridgehead atoms. The standard InChI is InChI=1S/C13H18ClN3O2/c1-18-9-3-8-17-11(6-7-14)15-10-4-5-12(19-2)16-13(10)17/h4-5H,3,6-9H2,1-2H3. The summed E-state index contributed by atoms with van der Waals surface area (Å²) in [6.45, 7) is 1.53. The molecule has 0 N–H and O–H groups in total. The zero-order valence-corrected chi connectivity index (χ0v) is 12.0. The van der Waals surface area contributed by atoms with Crippen LogP contribution in [0.1, 0.15) is 12.2 Å². The van der Waals surface area contributed by atoms with Gasteiger partial charge in [0.15, 0.2) is 5.65 Å². The number of halogens is 1. The van der Waals surface area contributed by atoms with Crippen LogP contribution in [0.4, 0.5) is 0 Å². The van der Waals surface area contributed by atoms with Gasteiger partial charge in [0.2, 0.25) is 5.88 Å². The Labute approximate surface area is 117 Å². The lowest BCUT2D eigenvalue weighted by Crippen LogP contribution is -2.07. The van der Waals surface area contributed by atoms with Crippen LogP contribution in [0.25, 0.3) is 11.2 Å². The lowest BCUT2D eigenvalue weighted by molar-refractivity contribution is 0.190. The van der Waals surface area contributed by atoms with Crippen molar-refractivity contribution in [3.05, 3.63) is 18.0 Å². The van der Waals surface area contributed by atoms with Crippen LogP contribution in [0.15, 0.2) is 12.1 Å². The molecule has 5 nitrogen and oxygen atoms in total. The maximum Gasteiger partial charge on any atom is 0.215 e. The van der Waals surface area contributed by atoms with Crippen molar-refractivity contribution in [3.63, 3.8) is 0 Å². The molecule has 2 rings (SSSR count). The largest absolute Gasteiger partial charge is 0.481 e. The first-order valence-electron chi connectivity index (χ1n) is 6.25. The maximum atomic E-state index is 5.83. The molecule has 6 heteroatoms. The van der Waals surface area contributed by atoms with Crippen molar-refractivity contribution in [2.75, 3.05) is 26.7 Å². The van der Waals surface area contributed by atoms with Gasteiger partial charge in [0.25, 0.3) is 0 Å². The third kappa shape index (κ3) is 3.16. The Balaban J connectivity index is 2.38. The molecule has 0 unspecified atom stereocenters. The molecule has 0 amide bonds. The van der Waals surface area contributed by atoms with Gasteiger partial charge in [0.1, 0.15) is 11.3 Å². The third-order valence-corrected chi connectivity index (χ3v) is 3.09. The molecule has 0 saturated carbocycles. The molecular weight excluding hydrogens is 266 g/mol. The normalized spacial score (nSPS) is 11.1. The second-order valence-corrected chi connectivity index (χ2v) is 4.54. The fourth-order valence-electron chi connectivity index (χ4n) is 2.02. The number of aryl methyl sites for hydroxylation is 2. The lowest BCUT2D eigenvalue weighted by atomic mass is 10.4. The van der Waals surface area contributed by atoms with E-state index in [1.165, 1.54) is 0 Å². The van der Waals surface area contributed by atoms with Gasteiger partial charge in [-0.25, -0.2) is 4.98 Å². The van der Waals surface area contributed by atoms with Crippen molar-refractivity contribution in [3.8, 4) is 5.88 Å². The Hall–Kier alpha value is -1.33. The van der Waals surface area contributed by atoms with Crippen LogP contribution < -0.4 is 4.74 Å². The quantitative estimate of drug-likeness (QED) is 0.578. The third-order valence-electron chi connectivity index (χ3n) is 2.90. The van der Waals surface area contributed by atoms with Crippen molar-refractivity contribution < 1.29 is 9.47 Å². The highest BCUT2D eigenvalue weighted by molar-refractivity contribution is 6.17. The van der Waals surface area contributed by atoms with Crippen LogP contribution in [0.3, 0.4) is 0 Å². The summed E-state index contributed by atoms with van der Waals surface area (Å²) in [4.78, 5) is 9.05. The average Bonchev–Trinajstić information content (AvgIpc) is 2.77. The first kappa shape index (κ1) is 14.1. The molecule has 0 spiro atoms. The summed E-state index contributed by atoms with van der Waals surface area (Å²) in [5, 5.41) is 0. The molecule has 19 heavy (non-hydrogen) atoms. The molecule has 0 radical (unpaired) electrons. The highest BCUT2D eigenvalue weighted by Gasteiger charge is 2.12. The number of ether oxygens (including phenoxy) is 2. The van der Waals surface area contributed by atoms with E-state index in [4.69, 9.17) is 21.1 Å². The van der Waals surface area contributed by atoms with Gasteiger partial charge in [-0.05, 0) is 12.5 Å². The summed E-state index contributed by atoms with van der Waals surface area (Å²) in [6, 6.07) is 3.74. The van der Waals surface area contributed by atoms with Crippen LogP contribution in [0, 0.1) is 0 Å². The maximum absolute atomic E-state index is 5.83. The van der Waals surface area contributed by atoms with Crippen molar-refractivity contribution >= 4 is 22.8 Å². The molecule has 2 aromatic rings. The van der Waals surface area contributed by atoms with E-state index >= 15 is 0 Å². The minimum atomic E-state index is 0.546. The molecular formula is C13H18ClN3O2. The zero-order valence-electron chi connectivity index (χ0n) is 11.2. The van der Waals surface area contributed by atoms with Gasteiger partial charge < -0.3 is 14.0 Å². The molecule has 0 aliphatic rings. The van der Waals surface area contributed by atoms with Gasteiger partial charge in [-0.3, -0.25) is 0 Å². The number of imidazole rings is 1. The lowest BCUT2D eigenvalue weighted by Gasteiger charge is -2.07. The van der Waals surface area contributed by atoms with E-state index in [2.05, 4.69) is 14.5 Å². The van der Waals surface area contributed by atoms with E-state index in [0.717, 1.165) is 36.4 Å². The number of pyridine rings is 1. The van der Waals surface area contributed by atoms with Crippen molar-refractivity contribution in [2.24, 2.45) is 0 Å². The topological polar surface area (TPSA) is 49.2 Å². The van der Waals surface area contributed by atoms with Gasteiger partial charge >= 0.3 is 0 Å². The Morgan fingerprint density at radius 3 is 2.79 bits per heavy atom. The van der Waals surface area contributed by atoms with Crippen molar-refractivity contribution in [1.29, 1.82) is 0 Å². The molecule has 0 aromatic carbocycles. The number of fused-ring (bicyclic) bond motifs is 1. The van der Waals surface area contributed by atoms with Crippen molar-refractivity contribution in [2.45, 2.75) is 19.4 Å². The van der Waals surface area contributed by atoms with Crippen LogP contribution in [-0.4, -0.2) is 41.2 Å². The number of hydrogen-bond acceptors (Lipinski definition) is 4. The van der Waals surface area contributed by atoms with Gasteiger partial charge in [0, 0.05) is 38.6 Å². The highest BCUT2D eigenvalue weighted by atomic mass is 35.5. The highest BCUT2D eigenvalue weighted by Crippen LogP contribution is 2.19. The smallest absolute Gasteiger partial charge is 0.215 e. The van der Waals surface area contributed by atoms with Crippen LogP contribution in [0.5, 0.6) is 5.88 Å². The van der Waals surface area contributed by atoms with E-state index in [9.17, 15) is 0 Å². The number of alkyl halides is 1. The van der Waals surface area contributed by atoms with E-state index in [0.29, 0.717) is 18.4 Å². The van der Waals surface area contributed by atoms with Crippen molar-refractivity contribution in [1.82, 2.24) is 14.5 Å². The van der Waals surface area contributed by atoms with E-state index in [-0.39, 0.29) is 0 Å². The molecule has 104 valence electrons. The second-order valence-electron chi connectivity index (χ2n) is 4.16.